The van der Waals surface area contributed by atoms with Crippen LogP contribution in [-0.4, -0.2) is 18.2 Å². The number of phenolic OH excluding ortho intramolecular Hbond substituents is 1. The number of aromatic hydroxyl groups is 1. The van der Waals surface area contributed by atoms with Crippen molar-refractivity contribution in [3.8, 4) is 5.75 Å². The molecule has 0 amide bonds. The van der Waals surface area contributed by atoms with Crippen LogP contribution in [0.3, 0.4) is 0 Å². The SMILES string of the molecule is CCCCN.CCCCN.Oc1ccccc1. The molecule has 3 nitrogen and oxygen atoms in total. The average molecular weight is 240 g/mol. The quantitative estimate of drug-likeness (QED) is 0.757. The molecule has 0 atom stereocenters. The fourth-order valence-electron chi connectivity index (χ4n) is 0.836. The molecule has 0 heterocycles. The third kappa shape index (κ3) is 20.9. The standard InChI is InChI=1S/C6H6O.2C4H11N/c7-6-4-2-1-3-5-6;2*1-2-3-4-5/h1-5,7H;2*2-5H2,1H3. The van der Waals surface area contributed by atoms with Gasteiger partial charge in [-0.3, -0.25) is 0 Å². The first-order valence-electron chi connectivity index (χ1n) is 6.37. The Morgan fingerprint density at radius 1 is 0.882 bits per heavy atom. The van der Waals surface area contributed by atoms with Gasteiger partial charge < -0.3 is 16.6 Å². The minimum atomic E-state index is 0.322. The monoisotopic (exact) mass is 240 g/mol. The fraction of sp³-hybridized carbons (Fsp3) is 0.571. The highest BCUT2D eigenvalue weighted by Crippen LogP contribution is 2.02. The van der Waals surface area contributed by atoms with Crippen LogP contribution in [0.2, 0.25) is 0 Å². The number of nitrogens with two attached hydrogens (primary N) is 2. The van der Waals surface area contributed by atoms with Crippen LogP contribution >= 0.6 is 0 Å². The van der Waals surface area contributed by atoms with E-state index < -0.39 is 0 Å². The van der Waals surface area contributed by atoms with Gasteiger partial charge in [-0.2, -0.15) is 0 Å². The normalized spacial score (nSPS) is 8.47. The second-order valence-electron chi connectivity index (χ2n) is 3.62. The number of hydrogen-bond acceptors (Lipinski definition) is 3. The van der Waals surface area contributed by atoms with Crippen LogP contribution < -0.4 is 11.5 Å². The van der Waals surface area contributed by atoms with E-state index in [1.807, 2.05) is 6.07 Å². The van der Waals surface area contributed by atoms with Crippen molar-refractivity contribution < 1.29 is 5.11 Å². The minimum Gasteiger partial charge on any atom is -0.508 e. The van der Waals surface area contributed by atoms with E-state index in [2.05, 4.69) is 13.8 Å². The van der Waals surface area contributed by atoms with Crippen LogP contribution in [0.15, 0.2) is 30.3 Å². The summed E-state index contributed by atoms with van der Waals surface area (Å²) in [6.07, 6.45) is 4.77. The lowest BCUT2D eigenvalue weighted by Gasteiger charge is -1.82. The van der Waals surface area contributed by atoms with Gasteiger partial charge in [0.25, 0.3) is 0 Å². The van der Waals surface area contributed by atoms with Gasteiger partial charge in [0, 0.05) is 0 Å². The molecule has 0 spiro atoms. The maximum atomic E-state index is 8.63. The van der Waals surface area contributed by atoms with Gasteiger partial charge in [-0.25, -0.2) is 0 Å². The van der Waals surface area contributed by atoms with Gasteiger partial charge in [0.1, 0.15) is 5.75 Å². The Morgan fingerprint density at radius 3 is 1.41 bits per heavy atom. The second kappa shape index (κ2) is 17.3. The fourth-order valence-corrected chi connectivity index (χ4v) is 0.836. The zero-order chi connectivity index (χ0) is 13.4. The summed E-state index contributed by atoms with van der Waals surface area (Å²) in [4.78, 5) is 0. The van der Waals surface area contributed by atoms with Crippen LogP contribution in [-0.2, 0) is 0 Å². The van der Waals surface area contributed by atoms with E-state index in [0.29, 0.717) is 5.75 Å². The number of rotatable bonds is 4. The minimum absolute atomic E-state index is 0.322. The van der Waals surface area contributed by atoms with Crippen molar-refractivity contribution in [3.63, 3.8) is 0 Å². The van der Waals surface area contributed by atoms with Crippen molar-refractivity contribution in [2.24, 2.45) is 11.5 Å². The highest BCUT2D eigenvalue weighted by atomic mass is 16.3. The summed E-state index contributed by atoms with van der Waals surface area (Å²) in [7, 11) is 0. The molecule has 100 valence electrons. The zero-order valence-electron chi connectivity index (χ0n) is 11.2. The van der Waals surface area contributed by atoms with Crippen LogP contribution in [0.4, 0.5) is 0 Å². The molecule has 0 radical (unpaired) electrons. The predicted molar refractivity (Wildman–Crippen MR) is 76.0 cm³/mol. The highest BCUT2D eigenvalue weighted by molar-refractivity contribution is 5.18. The first-order valence-corrected chi connectivity index (χ1v) is 6.37. The van der Waals surface area contributed by atoms with E-state index >= 15 is 0 Å². The first-order chi connectivity index (χ1) is 8.22. The predicted octanol–water partition coefficient (Wildman–Crippen LogP) is 2.88. The summed E-state index contributed by atoms with van der Waals surface area (Å²) < 4.78 is 0. The number of unbranched alkanes of at least 4 members (excludes halogenated alkanes) is 2. The summed E-state index contributed by atoms with van der Waals surface area (Å²) in [6.45, 7) is 5.95. The second-order valence-corrected chi connectivity index (χ2v) is 3.62. The van der Waals surface area contributed by atoms with E-state index in [1.54, 1.807) is 24.3 Å². The van der Waals surface area contributed by atoms with Gasteiger partial charge in [0.05, 0.1) is 0 Å². The molecular formula is C14H28N2O. The van der Waals surface area contributed by atoms with Crippen molar-refractivity contribution in [1.29, 1.82) is 0 Å². The summed E-state index contributed by atoms with van der Waals surface area (Å²) in [5.41, 5.74) is 10.3. The average Bonchev–Trinajstić information content (AvgIpc) is 2.34. The van der Waals surface area contributed by atoms with E-state index in [-0.39, 0.29) is 0 Å². The number of hydrogen-bond donors (Lipinski definition) is 3. The lowest BCUT2D eigenvalue weighted by Crippen LogP contribution is -1.95. The van der Waals surface area contributed by atoms with Gasteiger partial charge >= 0.3 is 0 Å². The van der Waals surface area contributed by atoms with E-state index in [9.17, 15) is 0 Å². The molecule has 1 aromatic carbocycles. The summed E-state index contributed by atoms with van der Waals surface area (Å²) >= 11 is 0. The Bertz CT molecular complexity index is 205. The molecule has 0 aliphatic heterocycles. The Balaban J connectivity index is 0. The molecule has 1 rings (SSSR count). The summed E-state index contributed by atoms with van der Waals surface area (Å²) in [6, 6.07) is 8.71. The Morgan fingerprint density at radius 2 is 1.29 bits per heavy atom. The Kier molecular flexibility index (Phi) is 18.7. The van der Waals surface area contributed by atoms with E-state index in [1.165, 1.54) is 25.7 Å². The summed E-state index contributed by atoms with van der Waals surface area (Å²) in [5, 5.41) is 8.63. The van der Waals surface area contributed by atoms with Crippen LogP contribution in [0.25, 0.3) is 0 Å². The number of benzene rings is 1. The lowest BCUT2D eigenvalue weighted by atomic mass is 10.3. The van der Waals surface area contributed by atoms with Crippen molar-refractivity contribution >= 4 is 0 Å². The van der Waals surface area contributed by atoms with Crippen molar-refractivity contribution in [2.75, 3.05) is 13.1 Å². The Labute approximate surface area is 106 Å². The topological polar surface area (TPSA) is 72.3 Å². The van der Waals surface area contributed by atoms with Gasteiger partial charge in [0.15, 0.2) is 0 Å². The summed E-state index contributed by atoms with van der Waals surface area (Å²) in [5.74, 6) is 0.322. The van der Waals surface area contributed by atoms with E-state index in [0.717, 1.165) is 13.1 Å². The van der Waals surface area contributed by atoms with Crippen molar-refractivity contribution in [1.82, 2.24) is 0 Å². The molecule has 0 fully saturated rings. The molecule has 0 bridgehead atoms. The first kappa shape index (κ1) is 18.3. The molecule has 0 saturated heterocycles. The van der Waals surface area contributed by atoms with E-state index in [4.69, 9.17) is 16.6 Å². The number of para-hydroxylation sites is 1. The van der Waals surface area contributed by atoms with Crippen molar-refractivity contribution in [3.05, 3.63) is 30.3 Å². The number of phenols is 1. The molecule has 3 heteroatoms. The highest BCUT2D eigenvalue weighted by Gasteiger charge is 1.74. The maximum absolute atomic E-state index is 8.63. The molecule has 0 unspecified atom stereocenters. The van der Waals surface area contributed by atoms with Crippen molar-refractivity contribution in [2.45, 2.75) is 39.5 Å². The molecule has 1 aromatic rings. The molecule has 0 aliphatic carbocycles. The lowest BCUT2D eigenvalue weighted by molar-refractivity contribution is 0.475. The third-order valence-corrected chi connectivity index (χ3v) is 1.87. The molecule has 0 aliphatic rings. The van der Waals surface area contributed by atoms with Crippen LogP contribution in [0, 0.1) is 0 Å². The van der Waals surface area contributed by atoms with Gasteiger partial charge in [0.2, 0.25) is 0 Å². The largest absolute Gasteiger partial charge is 0.508 e. The van der Waals surface area contributed by atoms with Gasteiger partial charge in [-0.15, -0.1) is 0 Å². The molecule has 0 saturated carbocycles. The maximum Gasteiger partial charge on any atom is 0.115 e. The van der Waals surface area contributed by atoms with Crippen LogP contribution in [0.1, 0.15) is 39.5 Å². The zero-order valence-corrected chi connectivity index (χ0v) is 11.2. The van der Waals surface area contributed by atoms with Gasteiger partial charge in [-0.1, -0.05) is 44.9 Å². The smallest absolute Gasteiger partial charge is 0.115 e. The van der Waals surface area contributed by atoms with Crippen LogP contribution in [0.5, 0.6) is 5.75 Å². The third-order valence-electron chi connectivity index (χ3n) is 1.87. The molecular weight excluding hydrogens is 212 g/mol. The molecule has 5 N–H and O–H groups in total. The Hall–Kier alpha value is -1.06. The molecule has 17 heavy (non-hydrogen) atoms. The van der Waals surface area contributed by atoms with Gasteiger partial charge in [-0.05, 0) is 38.1 Å². The molecule has 0 aromatic heterocycles.